The second-order valence-corrected chi connectivity index (χ2v) is 4.12. The van der Waals surface area contributed by atoms with Gasteiger partial charge in [0.2, 0.25) is 0 Å². The Bertz CT molecular complexity index is 614. The highest BCUT2D eigenvalue weighted by Crippen LogP contribution is 2.33. The van der Waals surface area contributed by atoms with Crippen LogP contribution in [0.4, 0.5) is 5.69 Å². The third kappa shape index (κ3) is 1.90. The molecule has 0 bridgehead atoms. The fraction of sp³-hybridized carbons (Fsp3) is 0.0909. The molecule has 0 fully saturated rings. The van der Waals surface area contributed by atoms with Gasteiger partial charge in [-0.15, -0.1) is 0 Å². The van der Waals surface area contributed by atoms with Gasteiger partial charge in [0.1, 0.15) is 5.56 Å². The van der Waals surface area contributed by atoms with Gasteiger partial charge in [0.05, 0.1) is 28.4 Å². The number of carbonyl (C=O) groups excluding carboxylic acids is 1. The number of fused-ring (bicyclic) bond motifs is 1. The zero-order valence-corrected chi connectivity index (χ0v) is 10.3. The lowest BCUT2D eigenvalue weighted by molar-refractivity contribution is 0.0601. The number of halogens is 2. The molecule has 88 valence electrons. The van der Waals surface area contributed by atoms with E-state index in [1.807, 2.05) is 0 Å². The second-order valence-electron chi connectivity index (χ2n) is 3.33. The summed E-state index contributed by atoms with van der Waals surface area (Å²) in [5, 5.41) is 1.27. The van der Waals surface area contributed by atoms with Crippen LogP contribution in [0.1, 0.15) is 10.4 Å². The van der Waals surface area contributed by atoms with E-state index in [2.05, 4.69) is 9.72 Å². The number of aromatic nitrogens is 1. The van der Waals surface area contributed by atoms with E-state index in [4.69, 9.17) is 28.9 Å². The van der Waals surface area contributed by atoms with E-state index in [-0.39, 0.29) is 11.3 Å². The van der Waals surface area contributed by atoms with Crippen molar-refractivity contribution in [1.29, 1.82) is 0 Å². The lowest BCUT2D eigenvalue weighted by Gasteiger charge is -2.08. The third-order valence-corrected chi connectivity index (χ3v) is 3.17. The van der Waals surface area contributed by atoms with Crippen molar-refractivity contribution in [2.45, 2.75) is 0 Å². The van der Waals surface area contributed by atoms with E-state index in [0.29, 0.717) is 20.9 Å². The molecule has 0 unspecified atom stereocenters. The van der Waals surface area contributed by atoms with Crippen molar-refractivity contribution in [3.05, 3.63) is 33.9 Å². The zero-order valence-electron chi connectivity index (χ0n) is 8.83. The SMILES string of the molecule is COC(=O)c1cnc2c(Cl)c(Cl)ccc2c1N. The Labute approximate surface area is 107 Å². The van der Waals surface area contributed by atoms with E-state index in [9.17, 15) is 4.79 Å². The molecular formula is C11H8Cl2N2O2. The van der Waals surface area contributed by atoms with Crippen molar-refractivity contribution < 1.29 is 9.53 Å². The summed E-state index contributed by atoms with van der Waals surface area (Å²) in [6.45, 7) is 0. The minimum atomic E-state index is -0.539. The molecule has 2 aromatic rings. The number of nitrogens with zero attached hydrogens (tertiary/aromatic N) is 1. The quantitative estimate of drug-likeness (QED) is 0.810. The zero-order chi connectivity index (χ0) is 12.6. The van der Waals surface area contributed by atoms with Crippen LogP contribution in [0.5, 0.6) is 0 Å². The predicted octanol–water partition coefficient (Wildman–Crippen LogP) is 2.91. The van der Waals surface area contributed by atoms with Gasteiger partial charge in [-0.2, -0.15) is 0 Å². The van der Waals surface area contributed by atoms with Crippen LogP contribution in [0.15, 0.2) is 18.3 Å². The number of pyridine rings is 1. The normalized spacial score (nSPS) is 10.5. The van der Waals surface area contributed by atoms with Gasteiger partial charge in [0, 0.05) is 11.6 Å². The first-order chi connectivity index (χ1) is 8.06. The van der Waals surface area contributed by atoms with E-state index in [0.717, 1.165) is 0 Å². The Hall–Kier alpha value is -1.52. The maximum absolute atomic E-state index is 11.4. The van der Waals surface area contributed by atoms with Gasteiger partial charge >= 0.3 is 5.97 Å². The van der Waals surface area contributed by atoms with Gasteiger partial charge in [-0.25, -0.2) is 4.79 Å². The Morgan fingerprint density at radius 2 is 2.12 bits per heavy atom. The molecule has 17 heavy (non-hydrogen) atoms. The summed E-state index contributed by atoms with van der Waals surface area (Å²) < 4.78 is 4.60. The number of rotatable bonds is 1. The van der Waals surface area contributed by atoms with Crippen LogP contribution in [0.25, 0.3) is 10.9 Å². The third-order valence-electron chi connectivity index (χ3n) is 2.38. The van der Waals surface area contributed by atoms with Crippen LogP contribution in [0, 0.1) is 0 Å². The number of anilines is 1. The van der Waals surface area contributed by atoms with Gasteiger partial charge in [0.25, 0.3) is 0 Å². The summed E-state index contributed by atoms with van der Waals surface area (Å²) in [5.41, 5.74) is 6.82. The standard InChI is InChI=1S/C11H8Cl2N2O2/c1-17-11(16)6-4-15-10-5(9(6)14)2-3-7(12)8(10)13/h2-4H,1H3,(H2,14,15). The molecule has 2 rings (SSSR count). The van der Waals surface area contributed by atoms with Crippen LogP contribution >= 0.6 is 23.2 Å². The van der Waals surface area contributed by atoms with Crippen LogP contribution in [0.3, 0.4) is 0 Å². The Balaban J connectivity index is 2.77. The minimum Gasteiger partial charge on any atom is -0.465 e. The van der Waals surface area contributed by atoms with Crippen molar-refractivity contribution in [3.63, 3.8) is 0 Å². The molecule has 0 amide bonds. The molecule has 6 heteroatoms. The van der Waals surface area contributed by atoms with Crippen LogP contribution < -0.4 is 5.73 Å². The number of esters is 1. The predicted molar refractivity (Wildman–Crippen MR) is 67.5 cm³/mol. The molecule has 1 heterocycles. The van der Waals surface area contributed by atoms with E-state index < -0.39 is 5.97 Å². The molecule has 4 nitrogen and oxygen atoms in total. The molecule has 0 atom stereocenters. The van der Waals surface area contributed by atoms with Crippen LogP contribution in [0.2, 0.25) is 10.0 Å². The van der Waals surface area contributed by atoms with Crippen LogP contribution in [-0.2, 0) is 4.74 Å². The summed E-state index contributed by atoms with van der Waals surface area (Å²) in [4.78, 5) is 15.5. The van der Waals surface area contributed by atoms with E-state index >= 15 is 0 Å². The molecule has 2 N–H and O–H groups in total. The first-order valence-corrected chi connectivity index (χ1v) is 5.42. The first kappa shape index (κ1) is 12.0. The monoisotopic (exact) mass is 270 g/mol. The van der Waals surface area contributed by atoms with Gasteiger partial charge < -0.3 is 10.5 Å². The lowest BCUT2D eigenvalue weighted by atomic mass is 10.1. The first-order valence-electron chi connectivity index (χ1n) is 4.66. The van der Waals surface area contributed by atoms with Gasteiger partial charge in [-0.1, -0.05) is 23.2 Å². The topological polar surface area (TPSA) is 65.2 Å². The van der Waals surface area contributed by atoms with E-state index in [1.54, 1.807) is 12.1 Å². The number of methoxy groups -OCH3 is 1. The number of nitrogen functional groups attached to an aromatic ring is 1. The molecule has 1 aromatic carbocycles. The lowest BCUT2D eigenvalue weighted by Crippen LogP contribution is -2.07. The molecule has 0 saturated heterocycles. The number of nitrogens with two attached hydrogens (primary N) is 1. The Morgan fingerprint density at radius 1 is 1.41 bits per heavy atom. The molecule has 0 spiro atoms. The van der Waals surface area contributed by atoms with Crippen LogP contribution in [-0.4, -0.2) is 18.1 Å². The Kier molecular flexibility index (Phi) is 3.09. The van der Waals surface area contributed by atoms with Crippen molar-refractivity contribution in [2.75, 3.05) is 12.8 Å². The minimum absolute atomic E-state index is 0.207. The highest BCUT2D eigenvalue weighted by Gasteiger charge is 2.15. The highest BCUT2D eigenvalue weighted by molar-refractivity contribution is 6.45. The molecule has 0 aliphatic heterocycles. The molecule has 1 aromatic heterocycles. The number of hydrogen-bond donors (Lipinski definition) is 1. The van der Waals surface area contributed by atoms with E-state index in [1.165, 1.54) is 13.3 Å². The number of hydrogen-bond acceptors (Lipinski definition) is 4. The fourth-order valence-corrected chi connectivity index (χ4v) is 1.87. The summed E-state index contributed by atoms with van der Waals surface area (Å²) in [6, 6.07) is 3.27. The van der Waals surface area contributed by atoms with Crippen molar-refractivity contribution >= 4 is 45.8 Å². The number of carbonyl (C=O) groups is 1. The Morgan fingerprint density at radius 3 is 2.76 bits per heavy atom. The number of ether oxygens (including phenoxy) is 1. The van der Waals surface area contributed by atoms with Crippen molar-refractivity contribution in [2.24, 2.45) is 0 Å². The smallest absolute Gasteiger partial charge is 0.341 e. The fourth-order valence-electron chi connectivity index (χ4n) is 1.50. The highest BCUT2D eigenvalue weighted by atomic mass is 35.5. The largest absolute Gasteiger partial charge is 0.465 e. The van der Waals surface area contributed by atoms with Crippen molar-refractivity contribution in [1.82, 2.24) is 4.98 Å². The maximum atomic E-state index is 11.4. The molecule has 0 aliphatic rings. The molecule has 0 radical (unpaired) electrons. The summed E-state index contributed by atoms with van der Waals surface area (Å²) in [6.07, 6.45) is 1.33. The second kappa shape index (κ2) is 4.39. The summed E-state index contributed by atoms with van der Waals surface area (Å²) in [7, 11) is 1.28. The summed E-state index contributed by atoms with van der Waals surface area (Å²) in [5.74, 6) is -0.539. The molecule has 0 aliphatic carbocycles. The molecule has 0 saturated carbocycles. The summed E-state index contributed by atoms with van der Waals surface area (Å²) >= 11 is 11.9. The van der Waals surface area contributed by atoms with Crippen molar-refractivity contribution in [3.8, 4) is 0 Å². The van der Waals surface area contributed by atoms with Gasteiger partial charge in [-0.05, 0) is 12.1 Å². The average Bonchev–Trinajstić information content (AvgIpc) is 2.33. The maximum Gasteiger partial charge on any atom is 0.341 e. The molecular weight excluding hydrogens is 263 g/mol. The number of benzene rings is 1. The van der Waals surface area contributed by atoms with Gasteiger partial charge in [0.15, 0.2) is 0 Å². The average molecular weight is 271 g/mol. The van der Waals surface area contributed by atoms with Gasteiger partial charge in [-0.3, -0.25) is 4.98 Å².